The second kappa shape index (κ2) is 3.23. The SMILES string of the molecule is NC1CCC2N=C(C3CCC3)NC2C1. The smallest absolute Gasteiger partial charge is 0.100 e. The van der Waals surface area contributed by atoms with Crippen molar-refractivity contribution in [3.05, 3.63) is 0 Å². The predicted octanol–water partition coefficient (Wildman–Crippen LogP) is 1.04. The molecule has 3 heteroatoms. The minimum absolute atomic E-state index is 0.402. The normalized spacial score (nSPS) is 42.4. The Hall–Kier alpha value is -0.570. The highest BCUT2D eigenvalue weighted by atomic mass is 15.1. The van der Waals surface area contributed by atoms with Gasteiger partial charge in [-0.2, -0.15) is 0 Å². The molecule has 2 aliphatic carbocycles. The molecule has 1 heterocycles. The van der Waals surface area contributed by atoms with E-state index in [0.29, 0.717) is 18.1 Å². The van der Waals surface area contributed by atoms with Crippen LogP contribution in [0.5, 0.6) is 0 Å². The third-order valence-corrected chi connectivity index (χ3v) is 3.98. The number of rotatable bonds is 1. The largest absolute Gasteiger partial charge is 0.369 e. The van der Waals surface area contributed by atoms with Crippen LogP contribution in [0.1, 0.15) is 38.5 Å². The van der Waals surface area contributed by atoms with Crippen LogP contribution in [-0.2, 0) is 0 Å². The highest BCUT2D eigenvalue weighted by molar-refractivity contribution is 5.87. The van der Waals surface area contributed by atoms with Crippen molar-refractivity contribution in [2.45, 2.75) is 56.7 Å². The molecule has 1 aliphatic heterocycles. The summed E-state index contributed by atoms with van der Waals surface area (Å²) in [5.41, 5.74) is 5.97. The molecular formula is C11H19N3. The van der Waals surface area contributed by atoms with Gasteiger partial charge in [-0.1, -0.05) is 6.42 Å². The van der Waals surface area contributed by atoms with Gasteiger partial charge in [0.05, 0.1) is 12.1 Å². The third-order valence-electron chi connectivity index (χ3n) is 3.98. The van der Waals surface area contributed by atoms with Crippen molar-refractivity contribution < 1.29 is 0 Å². The van der Waals surface area contributed by atoms with Crippen molar-refractivity contribution in [2.75, 3.05) is 0 Å². The Morgan fingerprint density at radius 1 is 1.21 bits per heavy atom. The predicted molar refractivity (Wildman–Crippen MR) is 57.3 cm³/mol. The molecule has 3 atom stereocenters. The molecule has 3 aliphatic rings. The van der Waals surface area contributed by atoms with Crippen molar-refractivity contribution in [2.24, 2.45) is 16.6 Å². The second-order valence-electron chi connectivity index (χ2n) is 5.03. The maximum Gasteiger partial charge on any atom is 0.100 e. The maximum atomic E-state index is 5.97. The van der Waals surface area contributed by atoms with Crippen molar-refractivity contribution in [3.8, 4) is 0 Å². The van der Waals surface area contributed by atoms with Gasteiger partial charge in [-0.25, -0.2) is 0 Å². The van der Waals surface area contributed by atoms with Gasteiger partial charge < -0.3 is 11.1 Å². The summed E-state index contributed by atoms with van der Waals surface area (Å²) in [4.78, 5) is 4.82. The van der Waals surface area contributed by atoms with E-state index < -0.39 is 0 Å². The Bertz CT molecular complexity index is 257. The van der Waals surface area contributed by atoms with Crippen LogP contribution < -0.4 is 11.1 Å². The van der Waals surface area contributed by atoms with Gasteiger partial charge in [-0.15, -0.1) is 0 Å². The molecule has 3 nitrogen and oxygen atoms in total. The van der Waals surface area contributed by atoms with E-state index in [2.05, 4.69) is 5.32 Å². The Morgan fingerprint density at radius 3 is 2.79 bits per heavy atom. The highest BCUT2D eigenvalue weighted by Crippen LogP contribution is 2.32. The first-order chi connectivity index (χ1) is 6.83. The Labute approximate surface area is 85.2 Å². The molecule has 3 N–H and O–H groups in total. The van der Waals surface area contributed by atoms with E-state index in [1.54, 1.807) is 0 Å². The highest BCUT2D eigenvalue weighted by Gasteiger charge is 2.37. The first kappa shape index (κ1) is 8.72. The molecule has 2 fully saturated rings. The lowest BCUT2D eigenvalue weighted by atomic mass is 9.84. The molecule has 0 spiro atoms. The van der Waals surface area contributed by atoms with Crippen LogP contribution in [0.2, 0.25) is 0 Å². The van der Waals surface area contributed by atoms with E-state index in [1.165, 1.54) is 31.5 Å². The Kier molecular flexibility index (Phi) is 2.01. The van der Waals surface area contributed by atoms with E-state index in [-0.39, 0.29) is 0 Å². The number of amidine groups is 1. The number of nitrogens with two attached hydrogens (primary N) is 1. The van der Waals surface area contributed by atoms with E-state index in [0.717, 1.165) is 18.8 Å². The van der Waals surface area contributed by atoms with E-state index in [1.807, 2.05) is 0 Å². The molecular weight excluding hydrogens is 174 g/mol. The fraction of sp³-hybridized carbons (Fsp3) is 0.909. The molecule has 3 rings (SSSR count). The summed E-state index contributed by atoms with van der Waals surface area (Å²) in [6, 6.07) is 1.51. The summed E-state index contributed by atoms with van der Waals surface area (Å²) in [6.45, 7) is 0. The summed E-state index contributed by atoms with van der Waals surface area (Å²) >= 11 is 0. The fourth-order valence-electron chi connectivity index (χ4n) is 2.81. The van der Waals surface area contributed by atoms with Gasteiger partial charge in [0.1, 0.15) is 5.84 Å². The molecule has 0 aromatic heterocycles. The Morgan fingerprint density at radius 2 is 2.07 bits per heavy atom. The summed E-state index contributed by atoms with van der Waals surface area (Å²) in [6.07, 6.45) is 7.54. The first-order valence-electron chi connectivity index (χ1n) is 5.93. The fourth-order valence-corrected chi connectivity index (χ4v) is 2.81. The maximum absolute atomic E-state index is 5.97. The van der Waals surface area contributed by atoms with Gasteiger partial charge in [0.25, 0.3) is 0 Å². The van der Waals surface area contributed by atoms with E-state index in [9.17, 15) is 0 Å². The zero-order valence-electron chi connectivity index (χ0n) is 8.58. The molecule has 78 valence electrons. The number of nitrogens with zero attached hydrogens (tertiary/aromatic N) is 1. The monoisotopic (exact) mass is 193 g/mol. The number of fused-ring (bicyclic) bond motifs is 1. The average molecular weight is 193 g/mol. The number of aliphatic imine (C=N–C) groups is 1. The third kappa shape index (κ3) is 1.34. The molecule has 3 unspecified atom stereocenters. The minimum Gasteiger partial charge on any atom is -0.369 e. The van der Waals surface area contributed by atoms with Crippen LogP contribution in [0.4, 0.5) is 0 Å². The van der Waals surface area contributed by atoms with Crippen molar-refractivity contribution in [1.29, 1.82) is 0 Å². The van der Waals surface area contributed by atoms with Gasteiger partial charge in [0.2, 0.25) is 0 Å². The summed E-state index contributed by atoms with van der Waals surface area (Å²) in [5, 5.41) is 3.60. The minimum atomic E-state index is 0.402. The summed E-state index contributed by atoms with van der Waals surface area (Å²) in [5.74, 6) is 2.07. The van der Waals surface area contributed by atoms with Gasteiger partial charge in [0, 0.05) is 12.0 Å². The number of hydrogen-bond donors (Lipinski definition) is 2. The molecule has 0 bridgehead atoms. The van der Waals surface area contributed by atoms with E-state index >= 15 is 0 Å². The van der Waals surface area contributed by atoms with Crippen LogP contribution in [-0.4, -0.2) is 24.0 Å². The van der Waals surface area contributed by atoms with Gasteiger partial charge >= 0.3 is 0 Å². The van der Waals surface area contributed by atoms with Crippen molar-refractivity contribution in [3.63, 3.8) is 0 Å². The van der Waals surface area contributed by atoms with Crippen molar-refractivity contribution in [1.82, 2.24) is 5.32 Å². The van der Waals surface area contributed by atoms with Crippen molar-refractivity contribution >= 4 is 5.84 Å². The first-order valence-corrected chi connectivity index (χ1v) is 5.93. The topological polar surface area (TPSA) is 50.4 Å². The van der Waals surface area contributed by atoms with Crippen LogP contribution in [0.3, 0.4) is 0 Å². The zero-order valence-corrected chi connectivity index (χ0v) is 8.58. The lowest BCUT2D eigenvalue weighted by Crippen LogP contribution is -2.45. The Balaban J connectivity index is 1.68. The molecule has 0 saturated heterocycles. The molecule has 0 radical (unpaired) electrons. The lowest BCUT2D eigenvalue weighted by Gasteiger charge is -2.29. The molecule has 0 aromatic carbocycles. The second-order valence-corrected chi connectivity index (χ2v) is 5.03. The summed E-state index contributed by atoms with van der Waals surface area (Å²) < 4.78 is 0. The van der Waals surface area contributed by atoms with Crippen LogP contribution in [0.15, 0.2) is 4.99 Å². The lowest BCUT2D eigenvalue weighted by molar-refractivity contribution is 0.344. The van der Waals surface area contributed by atoms with Gasteiger partial charge in [0.15, 0.2) is 0 Å². The molecule has 2 saturated carbocycles. The quantitative estimate of drug-likeness (QED) is 0.653. The van der Waals surface area contributed by atoms with Crippen LogP contribution in [0, 0.1) is 5.92 Å². The average Bonchev–Trinajstić information content (AvgIpc) is 2.43. The number of nitrogens with one attached hydrogen (secondary N) is 1. The molecule has 0 amide bonds. The molecule has 0 aromatic rings. The standard InChI is InChI=1S/C11H19N3/c12-8-4-5-9-10(6-8)14-11(13-9)7-2-1-3-7/h7-10H,1-6,12H2,(H,13,14). The summed E-state index contributed by atoms with van der Waals surface area (Å²) in [7, 11) is 0. The molecule has 14 heavy (non-hydrogen) atoms. The van der Waals surface area contributed by atoms with Crippen LogP contribution in [0.25, 0.3) is 0 Å². The van der Waals surface area contributed by atoms with E-state index in [4.69, 9.17) is 10.7 Å². The number of hydrogen-bond acceptors (Lipinski definition) is 3. The van der Waals surface area contributed by atoms with Gasteiger partial charge in [-0.3, -0.25) is 4.99 Å². The zero-order chi connectivity index (χ0) is 9.54. The van der Waals surface area contributed by atoms with Crippen LogP contribution >= 0.6 is 0 Å². The van der Waals surface area contributed by atoms with Gasteiger partial charge in [-0.05, 0) is 32.1 Å².